The van der Waals surface area contributed by atoms with Gasteiger partial charge in [-0.1, -0.05) is 17.7 Å². The summed E-state index contributed by atoms with van der Waals surface area (Å²) in [5.74, 6) is -1.01. The van der Waals surface area contributed by atoms with E-state index in [-0.39, 0.29) is 19.1 Å². The molecule has 7 heteroatoms. The summed E-state index contributed by atoms with van der Waals surface area (Å²) in [5, 5.41) is 9.64. The van der Waals surface area contributed by atoms with E-state index >= 15 is 0 Å². The number of halogens is 1. The molecule has 1 heterocycles. The Morgan fingerprint density at radius 1 is 1.52 bits per heavy atom. The molecule has 1 N–H and O–H groups in total. The predicted octanol–water partition coefficient (Wildman–Crippen LogP) is 1.42. The van der Waals surface area contributed by atoms with E-state index < -0.39 is 18.1 Å². The third-order valence-electron chi connectivity index (χ3n) is 3.15. The van der Waals surface area contributed by atoms with Crippen molar-refractivity contribution in [3.63, 3.8) is 0 Å². The van der Waals surface area contributed by atoms with Crippen LogP contribution in [0, 0.1) is 0 Å². The number of carbonyl (C=O) groups is 2. The fraction of sp³-hybridized carbons (Fsp3) is 0.429. The third-order valence-corrected chi connectivity index (χ3v) is 3.39. The zero-order valence-corrected chi connectivity index (χ0v) is 12.2. The van der Waals surface area contributed by atoms with Gasteiger partial charge in [0.15, 0.2) is 12.1 Å². The van der Waals surface area contributed by atoms with Crippen LogP contribution in [0.4, 0.5) is 0 Å². The van der Waals surface area contributed by atoms with Crippen LogP contribution >= 0.6 is 11.6 Å². The number of carboxylic acids is 1. The van der Waals surface area contributed by atoms with Crippen molar-refractivity contribution in [3.05, 3.63) is 29.3 Å². The maximum Gasteiger partial charge on any atom is 0.328 e. The quantitative estimate of drug-likeness (QED) is 0.910. The Kier molecular flexibility index (Phi) is 5.03. The lowest BCUT2D eigenvalue weighted by molar-refractivity contribution is -0.161. The van der Waals surface area contributed by atoms with Crippen LogP contribution in [0.25, 0.3) is 0 Å². The normalized spacial score (nSPS) is 19.9. The van der Waals surface area contributed by atoms with Crippen LogP contribution in [0.5, 0.6) is 5.75 Å². The van der Waals surface area contributed by atoms with Gasteiger partial charge in [0.25, 0.3) is 5.91 Å². The molecule has 0 spiro atoms. The molecule has 1 saturated heterocycles. The van der Waals surface area contributed by atoms with E-state index in [4.69, 9.17) is 26.2 Å². The van der Waals surface area contributed by atoms with E-state index in [0.29, 0.717) is 17.4 Å². The van der Waals surface area contributed by atoms with Crippen LogP contribution in [-0.2, 0) is 14.3 Å². The summed E-state index contributed by atoms with van der Waals surface area (Å²) < 4.78 is 10.6. The molecule has 21 heavy (non-hydrogen) atoms. The summed E-state index contributed by atoms with van der Waals surface area (Å²) in [6, 6.07) is 5.72. The van der Waals surface area contributed by atoms with Gasteiger partial charge in [-0.15, -0.1) is 0 Å². The summed E-state index contributed by atoms with van der Waals surface area (Å²) in [5.41, 5.74) is 0. The third kappa shape index (κ3) is 3.86. The Morgan fingerprint density at radius 3 is 2.95 bits per heavy atom. The molecule has 0 saturated carbocycles. The van der Waals surface area contributed by atoms with E-state index in [1.807, 2.05) is 0 Å². The summed E-state index contributed by atoms with van der Waals surface area (Å²) >= 11 is 5.85. The van der Waals surface area contributed by atoms with E-state index in [9.17, 15) is 9.59 Å². The average Bonchev–Trinajstić information content (AvgIpc) is 2.46. The Morgan fingerprint density at radius 2 is 2.29 bits per heavy atom. The second kappa shape index (κ2) is 6.78. The number of rotatable bonds is 4. The minimum Gasteiger partial charge on any atom is -0.481 e. The molecule has 1 amide bonds. The van der Waals surface area contributed by atoms with E-state index in [1.54, 1.807) is 31.2 Å². The summed E-state index contributed by atoms with van der Waals surface area (Å²) in [6.07, 6.45) is -0.802. The smallest absolute Gasteiger partial charge is 0.328 e. The zero-order chi connectivity index (χ0) is 15.4. The van der Waals surface area contributed by atoms with Crippen molar-refractivity contribution in [1.82, 2.24) is 4.90 Å². The molecular formula is C14H16ClNO5. The fourth-order valence-corrected chi connectivity index (χ4v) is 2.28. The van der Waals surface area contributed by atoms with Gasteiger partial charge in [0.2, 0.25) is 0 Å². The van der Waals surface area contributed by atoms with Gasteiger partial charge in [-0.2, -0.15) is 0 Å². The highest BCUT2D eigenvalue weighted by atomic mass is 35.5. The average molecular weight is 314 g/mol. The van der Waals surface area contributed by atoms with Gasteiger partial charge in [0.05, 0.1) is 13.2 Å². The zero-order valence-electron chi connectivity index (χ0n) is 11.5. The summed E-state index contributed by atoms with van der Waals surface area (Å²) in [4.78, 5) is 24.8. The van der Waals surface area contributed by atoms with Crippen LogP contribution in [-0.4, -0.2) is 53.8 Å². The number of aliphatic carboxylic acids is 1. The molecule has 1 aromatic rings. The first-order valence-electron chi connectivity index (χ1n) is 6.52. The topological polar surface area (TPSA) is 76.1 Å². The first-order chi connectivity index (χ1) is 9.99. The van der Waals surface area contributed by atoms with Gasteiger partial charge in [-0.05, 0) is 25.1 Å². The number of hydrogen-bond donors (Lipinski definition) is 1. The van der Waals surface area contributed by atoms with E-state index in [1.165, 1.54) is 4.90 Å². The molecule has 114 valence electrons. The molecule has 2 rings (SSSR count). The molecule has 1 aliphatic rings. The van der Waals surface area contributed by atoms with Crippen molar-refractivity contribution in [3.8, 4) is 5.75 Å². The number of carboxylic acid groups (broad SMARTS) is 1. The Balaban J connectivity index is 2.05. The molecule has 2 atom stereocenters. The standard InChI is InChI=1S/C14H16ClNO5/c1-9(21-11-4-2-3-10(15)7-11)13(17)16-5-6-20-8-12(16)14(18)19/h2-4,7,9,12H,5-6,8H2,1H3,(H,18,19). The summed E-state index contributed by atoms with van der Waals surface area (Å²) in [6.45, 7) is 2.13. The molecule has 0 bridgehead atoms. The van der Waals surface area contributed by atoms with Gasteiger partial charge in [0.1, 0.15) is 5.75 Å². The number of hydrogen-bond acceptors (Lipinski definition) is 4. The van der Waals surface area contributed by atoms with Crippen molar-refractivity contribution in [2.75, 3.05) is 19.8 Å². The Hall–Kier alpha value is -1.79. The maximum absolute atomic E-state index is 12.4. The lowest BCUT2D eigenvalue weighted by atomic mass is 10.2. The largest absolute Gasteiger partial charge is 0.481 e. The summed E-state index contributed by atoms with van der Waals surface area (Å²) in [7, 11) is 0. The number of morpholine rings is 1. The van der Waals surface area contributed by atoms with E-state index in [0.717, 1.165) is 0 Å². The fourth-order valence-electron chi connectivity index (χ4n) is 2.10. The van der Waals surface area contributed by atoms with Crippen molar-refractivity contribution >= 4 is 23.5 Å². The molecule has 0 aliphatic carbocycles. The number of nitrogens with zero attached hydrogens (tertiary/aromatic N) is 1. The Labute approximate surface area is 127 Å². The first-order valence-corrected chi connectivity index (χ1v) is 6.90. The van der Waals surface area contributed by atoms with Crippen LogP contribution in [0.2, 0.25) is 5.02 Å². The predicted molar refractivity (Wildman–Crippen MR) is 75.5 cm³/mol. The molecule has 2 unspecified atom stereocenters. The van der Waals surface area contributed by atoms with Crippen molar-refractivity contribution < 1.29 is 24.2 Å². The number of amides is 1. The van der Waals surface area contributed by atoms with Crippen LogP contribution < -0.4 is 4.74 Å². The Bertz CT molecular complexity index is 536. The van der Waals surface area contributed by atoms with Crippen molar-refractivity contribution in [1.29, 1.82) is 0 Å². The molecule has 1 fully saturated rings. The van der Waals surface area contributed by atoms with Gasteiger partial charge in [-0.25, -0.2) is 4.79 Å². The van der Waals surface area contributed by atoms with E-state index in [2.05, 4.69) is 0 Å². The van der Waals surface area contributed by atoms with Crippen LogP contribution in [0.3, 0.4) is 0 Å². The molecule has 0 radical (unpaired) electrons. The van der Waals surface area contributed by atoms with Crippen LogP contribution in [0.15, 0.2) is 24.3 Å². The maximum atomic E-state index is 12.4. The first kappa shape index (κ1) is 15.6. The highest BCUT2D eigenvalue weighted by Gasteiger charge is 2.35. The van der Waals surface area contributed by atoms with Crippen molar-refractivity contribution in [2.45, 2.75) is 19.1 Å². The van der Waals surface area contributed by atoms with Crippen LogP contribution in [0.1, 0.15) is 6.92 Å². The number of ether oxygens (including phenoxy) is 2. The van der Waals surface area contributed by atoms with Crippen molar-refractivity contribution in [2.24, 2.45) is 0 Å². The SMILES string of the molecule is CC(Oc1cccc(Cl)c1)C(=O)N1CCOCC1C(=O)O. The van der Waals surface area contributed by atoms with Gasteiger partial charge >= 0.3 is 5.97 Å². The molecule has 1 aromatic carbocycles. The minimum atomic E-state index is -1.09. The monoisotopic (exact) mass is 313 g/mol. The molecular weight excluding hydrogens is 298 g/mol. The number of carbonyl (C=O) groups excluding carboxylic acids is 1. The highest BCUT2D eigenvalue weighted by Crippen LogP contribution is 2.19. The highest BCUT2D eigenvalue weighted by molar-refractivity contribution is 6.30. The minimum absolute atomic E-state index is 0.00897. The second-order valence-corrected chi connectivity index (χ2v) is 5.11. The molecule has 0 aromatic heterocycles. The molecule has 6 nitrogen and oxygen atoms in total. The van der Waals surface area contributed by atoms with Gasteiger partial charge < -0.3 is 19.5 Å². The number of benzene rings is 1. The van der Waals surface area contributed by atoms with Gasteiger partial charge in [-0.3, -0.25) is 4.79 Å². The second-order valence-electron chi connectivity index (χ2n) is 4.68. The van der Waals surface area contributed by atoms with Gasteiger partial charge in [0, 0.05) is 11.6 Å². The molecule has 1 aliphatic heterocycles. The lowest BCUT2D eigenvalue weighted by Gasteiger charge is -2.34. The lowest BCUT2D eigenvalue weighted by Crippen LogP contribution is -2.55.